The van der Waals surface area contributed by atoms with Crippen molar-refractivity contribution in [1.82, 2.24) is 18.8 Å². The van der Waals surface area contributed by atoms with Gasteiger partial charge < -0.3 is 5.32 Å². The molecular formula is C16H20ClN5O3S2. The van der Waals surface area contributed by atoms with Crippen LogP contribution in [0.1, 0.15) is 12.8 Å². The van der Waals surface area contributed by atoms with E-state index in [0.29, 0.717) is 34.5 Å². The van der Waals surface area contributed by atoms with Crippen LogP contribution < -0.4 is 5.32 Å². The van der Waals surface area contributed by atoms with Crippen molar-refractivity contribution in [1.29, 1.82) is 0 Å². The maximum atomic E-state index is 12.6. The van der Waals surface area contributed by atoms with E-state index in [1.54, 1.807) is 12.1 Å². The van der Waals surface area contributed by atoms with E-state index in [2.05, 4.69) is 15.5 Å². The topological polar surface area (TPSA) is 95.5 Å². The first kappa shape index (κ1) is 20.2. The number of nitrogens with zero attached hydrogens (tertiary/aromatic N) is 4. The monoisotopic (exact) mass is 429 g/mol. The van der Waals surface area contributed by atoms with E-state index >= 15 is 0 Å². The van der Waals surface area contributed by atoms with Gasteiger partial charge in [0, 0.05) is 37.8 Å². The maximum absolute atomic E-state index is 12.6. The molecule has 2 heterocycles. The second kappa shape index (κ2) is 8.19. The number of aromatic nitrogens is 2. The van der Waals surface area contributed by atoms with Crippen LogP contribution in [0.2, 0.25) is 5.02 Å². The van der Waals surface area contributed by atoms with E-state index in [0.717, 1.165) is 9.87 Å². The minimum atomic E-state index is -3.52. The molecule has 1 aliphatic heterocycles. The van der Waals surface area contributed by atoms with E-state index in [1.165, 1.54) is 29.7 Å². The SMILES string of the molecule is CN(C)S(=O)(=O)N1CCCC(C(=O)Nc2nnc(-c3ccc(Cl)cc3)s2)C1. The Kier molecular flexibility index (Phi) is 6.11. The normalized spacial score (nSPS) is 18.6. The number of nitrogens with one attached hydrogen (secondary N) is 1. The second-order valence-corrected chi connectivity index (χ2v) is 9.95. The Labute approximate surface area is 167 Å². The summed E-state index contributed by atoms with van der Waals surface area (Å²) in [6.45, 7) is 0.582. The molecule has 1 saturated heterocycles. The summed E-state index contributed by atoms with van der Waals surface area (Å²) in [5, 5.41) is 12.5. The summed E-state index contributed by atoms with van der Waals surface area (Å²) in [5.41, 5.74) is 0.860. The van der Waals surface area contributed by atoms with Crippen molar-refractivity contribution in [2.24, 2.45) is 5.92 Å². The van der Waals surface area contributed by atoms with Gasteiger partial charge in [0.1, 0.15) is 5.01 Å². The van der Waals surface area contributed by atoms with Gasteiger partial charge in [-0.25, -0.2) is 0 Å². The molecule has 0 spiro atoms. The third-order valence-corrected chi connectivity index (χ3v) is 7.34. The molecule has 1 atom stereocenters. The molecule has 1 aliphatic rings. The summed E-state index contributed by atoms with van der Waals surface area (Å²) in [6.07, 6.45) is 1.27. The van der Waals surface area contributed by atoms with E-state index in [9.17, 15) is 13.2 Å². The molecule has 0 aliphatic carbocycles. The summed E-state index contributed by atoms with van der Waals surface area (Å²) >= 11 is 7.14. The molecule has 1 N–H and O–H groups in total. The highest BCUT2D eigenvalue weighted by molar-refractivity contribution is 7.86. The van der Waals surface area contributed by atoms with E-state index in [-0.39, 0.29) is 12.5 Å². The summed E-state index contributed by atoms with van der Waals surface area (Å²) in [5.74, 6) is -0.663. The van der Waals surface area contributed by atoms with Crippen LogP contribution in [-0.4, -0.2) is 60.3 Å². The smallest absolute Gasteiger partial charge is 0.281 e. The number of carbonyl (C=O) groups excluding carboxylic acids is 1. The van der Waals surface area contributed by atoms with Gasteiger partial charge in [0.15, 0.2) is 0 Å². The minimum absolute atomic E-state index is 0.162. The number of halogens is 1. The van der Waals surface area contributed by atoms with Crippen molar-refractivity contribution in [3.05, 3.63) is 29.3 Å². The fourth-order valence-corrected chi connectivity index (χ4v) is 4.86. The van der Waals surface area contributed by atoms with Gasteiger partial charge in [-0.1, -0.05) is 35.1 Å². The summed E-state index contributed by atoms with van der Waals surface area (Å²) in [4.78, 5) is 12.6. The standard InChI is InChI=1S/C16H20ClN5O3S2/c1-21(2)27(24,25)22-9-3-4-12(10-22)14(23)18-16-20-19-15(26-16)11-5-7-13(17)8-6-11/h5-8,12H,3-4,9-10H2,1-2H3,(H,18,20,23). The zero-order chi connectivity index (χ0) is 19.6. The van der Waals surface area contributed by atoms with E-state index in [1.807, 2.05) is 12.1 Å². The number of hydrogen-bond donors (Lipinski definition) is 1. The van der Waals surface area contributed by atoms with Gasteiger partial charge in [-0.05, 0) is 25.0 Å². The third-order valence-electron chi connectivity index (χ3n) is 4.29. The Bertz CT molecular complexity index is 914. The molecule has 1 aromatic heterocycles. The Balaban J connectivity index is 1.66. The maximum Gasteiger partial charge on any atom is 0.281 e. The number of anilines is 1. The Morgan fingerprint density at radius 1 is 1.30 bits per heavy atom. The largest absolute Gasteiger partial charge is 0.300 e. The van der Waals surface area contributed by atoms with Crippen LogP contribution in [0.25, 0.3) is 10.6 Å². The first-order valence-corrected chi connectivity index (χ1v) is 10.9. The average Bonchev–Trinajstić information content (AvgIpc) is 3.10. The first-order valence-electron chi connectivity index (χ1n) is 8.35. The van der Waals surface area contributed by atoms with Crippen LogP contribution in [0.3, 0.4) is 0 Å². The van der Waals surface area contributed by atoms with Crippen molar-refractivity contribution in [3.8, 4) is 10.6 Å². The number of amides is 1. The molecule has 1 unspecified atom stereocenters. The van der Waals surface area contributed by atoms with Crippen molar-refractivity contribution in [2.75, 3.05) is 32.5 Å². The molecule has 1 fully saturated rings. The molecule has 1 aromatic carbocycles. The molecule has 0 radical (unpaired) electrons. The molecule has 3 rings (SSSR count). The van der Waals surface area contributed by atoms with E-state index < -0.39 is 16.1 Å². The molecular weight excluding hydrogens is 410 g/mol. The lowest BCUT2D eigenvalue weighted by Crippen LogP contribution is -2.47. The van der Waals surface area contributed by atoms with Crippen LogP contribution in [0, 0.1) is 5.92 Å². The highest BCUT2D eigenvalue weighted by atomic mass is 35.5. The number of benzene rings is 1. The van der Waals surface area contributed by atoms with Crippen LogP contribution in [0.5, 0.6) is 0 Å². The van der Waals surface area contributed by atoms with Crippen LogP contribution in [0.15, 0.2) is 24.3 Å². The number of rotatable bonds is 5. The third kappa shape index (κ3) is 4.64. The molecule has 8 nitrogen and oxygen atoms in total. The summed E-state index contributed by atoms with van der Waals surface area (Å²) in [7, 11) is -0.555. The summed E-state index contributed by atoms with van der Waals surface area (Å²) < 4.78 is 27.1. The Morgan fingerprint density at radius 3 is 2.67 bits per heavy atom. The van der Waals surface area contributed by atoms with Gasteiger partial charge in [-0.2, -0.15) is 17.0 Å². The van der Waals surface area contributed by atoms with Gasteiger partial charge in [0.25, 0.3) is 10.2 Å². The molecule has 0 saturated carbocycles. The lowest BCUT2D eigenvalue weighted by molar-refractivity contribution is -0.120. The summed E-state index contributed by atoms with van der Waals surface area (Å²) in [6, 6.07) is 7.19. The van der Waals surface area contributed by atoms with Crippen LogP contribution in [-0.2, 0) is 15.0 Å². The average molecular weight is 430 g/mol. The zero-order valence-electron chi connectivity index (χ0n) is 14.9. The molecule has 11 heteroatoms. The zero-order valence-corrected chi connectivity index (χ0v) is 17.3. The number of piperidine rings is 1. The van der Waals surface area contributed by atoms with Crippen LogP contribution in [0.4, 0.5) is 5.13 Å². The lowest BCUT2D eigenvalue weighted by atomic mass is 9.99. The highest BCUT2D eigenvalue weighted by Crippen LogP contribution is 2.28. The lowest BCUT2D eigenvalue weighted by Gasteiger charge is -2.32. The van der Waals surface area contributed by atoms with Gasteiger partial charge in [0.2, 0.25) is 11.0 Å². The van der Waals surface area contributed by atoms with Crippen molar-refractivity contribution in [3.63, 3.8) is 0 Å². The fourth-order valence-electron chi connectivity index (χ4n) is 2.79. The predicted octanol–water partition coefficient (Wildman–Crippen LogP) is 2.32. The predicted molar refractivity (Wildman–Crippen MR) is 106 cm³/mol. The molecule has 2 aromatic rings. The minimum Gasteiger partial charge on any atom is -0.300 e. The van der Waals surface area contributed by atoms with Gasteiger partial charge >= 0.3 is 0 Å². The highest BCUT2D eigenvalue weighted by Gasteiger charge is 2.33. The van der Waals surface area contributed by atoms with Crippen LogP contribution >= 0.6 is 22.9 Å². The van der Waals surface area contributed by atoms with Gasteiger partial charge in [-0.15, -0.1) is 10.2 Å². The van der Waals surface area contributed by atoms with Crippen molar-refractivity contribution in [2.45, 2.75) is 12.8 Å². The molecule has 1 amide bonds. The van der Waals surface area contributed by atoms with E-state index in [4.69, 9.17) is 11.6 Å². The molecule has 146 valence electrons. The van der Waals surface area contributed by atoms with Crippen molar-refractivity contribution >= 4 is 44.2 Å². The molecule has 27 heavy (non-hydrogen) atoms. The number of hydrogen-bond acceptors (Lipinski definition) is 6. The fraction of sp³-hybridized carbons (Fsp3) is 0.438. The Morgan fingerprint density at radius 2 is 2.00 bits per heavy atom. The van der Waals surface area contributed by atoms with Crippen molar-refractivity contribution < 1.29 is 13.2 Å². The molecule has 0 bridgehead atoms. The first-order chi connectivity index (χ1) is 12.8. The van der Waals surface area contributed by atoms with Gasteiger partial charge in [0.05, 0.1) is 5.92 Å². The van der Waals surface area contributed by atoms with Gasteiger partial charge in [-0.3, -0.25) is 4.79 Å². The number of carbonyl (C=O) groups is 1. The quantitative estimate of drug-likeness (QED) is 0.786. The second-order valence-electron chi connectivity index (χ2n) is 6.40. The Hall–Kier alpha value is -1.59.